The van der Waals surface area contributed by atoms with E-state index in [0.717, 1.165) is 33.2 Å². The van der Waals surface area contributed by atoms with E-state index in [9.17, 15) is 9.65 Å². The largest absolute Gasteiger partial charge is 0.454 e. The summed E-state index contributed by atoms with van der Waals surface area (Å²) in [5.41, 5.74) is 5.12. The highest BCUT2D eigenvalue weighted by Gasteiger charge is 2.22. The Bertz CT molecular complexity index is 1200. The third-order valence-corrected chi connectivity index (χ3v) is 4.62. The first-order chi connectivity index (χ1) is 12.0. The van der Waals surface area contributed by atoms with Crippen molar-refractivity contribution in [1.29, 1.82) is 5.26 Å². The van der Waals surface area contributed by atoms with Crippen LogP contribution in [0.3, 0.4) is 0 Å². The topological polar surface area (TPSA) is 40.8 Å². The second-order valence-electron chi connectivity index (χ2n) is 6.35. The van der Waals surface area contributed by atoms with Crippen molar-refractivity contribution >= 4 is 21.9 Å². The van der Waals surface area contributed by atoms with Crippen LogP contribution in [0.2, 0.25) is 0 Å². The number of rotatable bonds is 1. The summed E-state index contributed by atoms with van der Waals surface area (Å²) in [6, 6.07) is 13.0. The van der Waals surface area contributed by atoms with Crippen molar-refractivity contribution in [1.82, 2.24) is 0 Å². The lowest BCUT2D eigenvalue weighted by atomic mass is 10.00. The van der Waals surface area contributed by atoms with E-state index in [1.165, 1.54) is 6.07 Å². The van der Waals surface area contributed by atoms with Gasteiger partial charge in [0, 0.05) is 22.4 Å². The van der Waals surface area contributed by atoms with Gasteiger partial charge >= 0.3 is 0 Å². The molecule has 0 fully saturated rings. The molecular formula is C21H16FN2O+. The maximum absolute atomic E-state index is 14.0. The lowest BCUT2D eigenvalue weighted by Crippen LogP contribution is -2.31. The Labute approximate surface area is 144 Å². The molecule has 0 saturated heterocycles. The smallest absolute Gasteiger partial charge is 0.216 e. The molecule has 0 amide bonds. The zero-order valence-corrected chi connectivity index (χ0v) is 14.2. The highest BCUT2D eigenvalue weighted by molar-refractivity contribution is 6.10. The molecule has 0 bridgehead atoms. The maximum Gasteiger partial charge on any atom is 0.216 e. The Balaban J connectivity index is 2.17. The van der Waals surface area contributed by atoms with Gasteiger partial charge in [-0.3, -0.25) is 0 Å². The second kappa shape index (κ2) is 5.42. The van der Waals surface area contributed by atoms with Gasteiger partial charge in [-0.1, -0.05) is 12.1 Å². The minimum absolute atomic E-state index is 0.0504. The molecule has 0 spiro atoms. The number of fused-ring (bicyclic) bond motifs is 3. The molecule has 0 saturated carbocycles. The van der Waals surface area contributed by atoms with Gasteiger partial charge in [-0.2, -0.15) is 5.26 Å². The van der Waals surface area contributed by atoms with Gasteiger partial charge in [0.25, 0.3) is 0 Å². The van der Waals surface area contributed by atoms with Crippen LogP contribution in [0, 0.1) is 31.0 Å². The fourth-order valence-corrected chi connectivity index (χ4v) is 3.41. The van der Waals surface area contributed by atoms with Crippen LogP contribution in [0.5, 0.6) is 0 Å². The van der Waals surface area contributed by atoms with E-state index in [1.807, 2.05) is 39.1 Å². The minimum Gasteiger partial charge on any atom is -0.454 e. The van der Waals surface area contributed by atoms with E-state index in [1.54, 1.807) is 6.07 Å². The molecule has 2 heterocycles. The van der Waals surface area contributed by atoms with Crippen LogP contribution in [0.25, 0.3) is 33.2 Å². The molecule has 0 radical (unpaired) electrons. The number of aromatic nitrogens is 1. The predicted molar refractivity (Wildman–Crippen MR) is 94.5 cm³/mol. The highest BCUT2D eigenvalue weighted by Crippen LogP contribution is 2.38. The summed E-state index contributed by atoms with van der Waals surface area (Å²) >= 11 is 0. The summed E-state index contributed by atoms with van der Waals surface area (Å²) < 4.78 is 22.1. The lowest BCUT2D eigenvalue weighted by Gasteiger charge is -2.05. The van der Waals surface area contributed by atoms with Gasteiger partial charge in [0.05, 0.1) is 5.56 Å². The van der Waals surface area contributed by atoms with Crippen LogP contribution in [0.1, 0.15) is 16.7 Å². The average Bonchev–Trinajstić information content (AvgIpc) is 2.94. The van der Waals surface area contributed by atoms with Crippen molar-refractivity contribution in [2.75, 3.05) is 0 Å². The zero-order valence-electron chi connectivity index (χ0n) is 14.2. The summed E-state index contributed by atoms with van der Waals surface area (Å²) in [5.74, 6) is -0.562. The number of aryl methyl sites for hydroxylation is 3. The van der Waals surface area contributed by atoms with E-state index in [2.05, 4.69) is 22.9 Å². The quantitative estimate of drug-likeness (QED) is 0.474. The molecule has 0 unspecified atom stereocenters. The van der Waals surface area contributed by atoms with Crippen molar-refractivity contribution < 1.29 is 13.4 Å². The van der Waals surface area contributed by atoms with E-state index in [0.29, 0.717) is 11.2 Å². The number of halogens is 1. The van der Waals surface area contributed by atoms with Crippen molar-refractivity contribution in [2.45, 2.75) is 13.8 Å². The summed E-state index contributed by atoms with van der Waals surface area (Å²) in [6.07, 6.45) is 2.05. The standard InChI is InChI=1S/C21H16FN2O/c1-12-4-9-18(24(3)11-12)19-13(2)5-6-15-14-7-8-17(22)16(10-23)20(14)25-21(15)19/h4-9,11H,1-3H3/q+1. The molecule has 4 heteroatoms. The molecule has 4 rings (SSSR count). The van der Waals surface area contributed by atoms with Gasteiger partial charge in [-0.05, 0) is 37.6 Å². The Morgan fingerprint density at radius 2 is 1.72 bits per heavy atom. The molecule has 0 aliphatic heterocycles. The van der Waals surface area contributed by atoms with Crippen molar-refractivity contribution in [3.8, 4) is 17.3 Å². The Morgan fingerprint density at radius 3 is 2.44 bits per heavy atom. The third-order valence-electron chi connectivity index (χ3n) is 4.62. The van der Waals surface area contributed by atoms with E-state index in [4.69, 9.17) is 4.42 Å². The van der Waals surface area contributed by atoms with E-state index >= 15 is 0 Å². The van der Waals surface area contributed by atoms with Crippen molar-refractivity contribution in [3.05, 3.63) is 65.1 Å². The van der Waals surface area contributed by atoms with Gasteiger partial charge in [0.1, 0.15) is 30.1 Å². The minimum atomic E-state index is -0.562. The normalized spacial score (nSPS) is 11.2. The molecule has 0 aliphatic carbocycles. The van der Waals surface area contributed by atoms with Gasteiger partial charge in [-0.25, -0.2) is 8.96 Å². The number of hydrogen-bond donors (Lipinski definition) is 0. The molecule has 25 heavy (non-hydrogen) atoms. The average molecular weight is 331 g/mol. The number of nitriles is 1. The van der Waals surface area contributed by atoms with E-state index in [-0.39, 0.29) is 5.56 Å². The first kappa shape index (κ1) is 15.3. The van der Waals surface area contributed by atoms with Gasteiger partial charge in [0.2, 0.25) is 5.69 Å². The molecular weight excluding hydrogens is 315 g/mol. The van der Waals surface area contributed by atoms with Crippen LogP contribution in [-0.4, -0.2) is 0 Å². The fraction of sp³-hybridized carbons (Fsp3) is 0.143. The molecule has 0 aliphatic rings. The molecule has 0 atom stereocenters. The molecule has 0 N–H and O–H groups in total. The maximum atomic E-state index is 14.0. The molecule has 4 aromatic rings. The van der Waals surface area contributed by atoms with Crippen molar-refractivity contribution in [2.24, 2.45) is 7.05 Å². The Morgan fingerprint density at radius 1 is 1.00 bits per heavy atom. The number of furan rings is 1. The summed E-state index contributed by atoms with van der Waals surface area (Å²) in [4.78, 5) is 0. The summed E-state index contributed by atoms with van der Waals surface area (Å²) in [6.45, 7) is 4.06. The van der Waals surface area contributed by atoms with Crippen LogP contribution in [-0.2, 0) is 7.05 Å². The van der Waals surface area contributed by atoms with Crippen LogP contribution < -0.4 is 4.57 Å². The fourth-order valence-electron chi connectivity index (χ4n) is 3.41. The molecule has 3 nitrogen and oxygen atoms in total. The molecule has 122 valence electrons. The second-order valence-corrected chi connectivity index (χ2v) is 6.35. The number of benzene rings is 2. The van der Waals surface area contributed by atoms with Crippen molar-refractivity contribution in [3.63, 3.8) is 0 Å². The number of nitrogens with zero attached hydrogens (tertiary/aromatic N) is 2. The Hall–Kier alpha value is -3.19. The summed E-state index contributed by atoms with van der Waals surface area (Å²) in [5, 5.41) is 10.9. The SMILES string of the molecule is Cc1ccc(-c2c(C)ccc3c2oc2c(C#N)c(F)ccc23)[n+](C)c1. The predicted octanol–water partition coefficient (Wildman–Crippen LogP) is 4.71. The van der Waals surface area contributed by atoms with Gasteiger partial charge in [0.15, 0.2) is 11.8 Å². The summed E-state index contributed by atoms with van der Waals surface area (Å²) in [7, 11) is 1.99. The van der Waals surface area contributed by atoms with Crippen LogP contribution in [0.15, 0.2) is 47.0 Å². The molecule has 2 aromatic carbocycles. The van der Waals surface area contributed by atoms with Crippen LogP contribution >= 0.6 is 0 Å². The first-order valence-corrected chi connectivity index (χ1v) is 8.02. The number of hydrogen-bond acceptors (Lipinski definition) is 2. The molecule has 2 aromatic heterocycles. The van der Waals surface area contributed by atoms with E-state index < -0.39 is 5.82 Å². The highest BCUT2D eigenvalue weighted by atomic mass is 19.1. The lowest BCUT2D eigenvalue weighted by molar-refractivity contribution is -0.660. The number of pyridine rings is 1. The van der Waals surface area contributed by atoms with Crippen LogP contribution in [0.4, 0.5) is 4.39 Å². The zero-order chi connectivity index (χ0) is 17.7. The first-order valence-electron chi connectivity index (χ1n) is 8.02. The Kier molecular flexibility index (Phi) is 3.33. The van der Waals surface area contributed by atoms with Gasteiger partial charge < -0.3 is 4.42 Å². The third kappa shape index (κ3) is 2.20. The monoisotopic (exact) mass is 331 g/mol. The van der Waals surface area contributed by atoms with Gasteiger partial charge in [-0.15, -0.1) is 0 Å².